The lowest BCUT2D eigenvalue weighted by atomic mass is 10.1. The third kappa shape index (κ3) is 1.63. The summed E-state index contributed by atoms with van der Waals surface area (Å²) in [6, 6.07) is 1.07. The maximum Gasteiger partial charge on any atom is 0.0594 e. The summed E-state index contributed by atoms with van der Waals surface area (Å²) in [6.07, 6.45) is 3.81. The summed E-state index contributed by atoms with van der Waals surface area (Å²) < 4.78 is 5.31. The second-order valence-electron chi connectivity index (χ2n) is 3.81. The number of hydrogen-bond acceptors (Lipinski definition) is 3. The van der Waals surface area contributed by atoms with Gasteiger partial charge in [0.25, 0.3) is 0 Å². The Labute approximate surface area is 73.9 Å². The van der Waals surface area contributed by atoms with Gasteiger partial charge in [-0.3, -0.25) is 4.90 Å². The van der Waals surface area contributed by atoms with Gasteiger partial charge < -0.3 is 10.5 Å². The molecule has 0 bridgehead atoms. The largest absolute Gasteiger partial charge is 0.379 e. The van der Waals surface area contributed by atoms with Crippen LogP contribution in [0.4, 0.5) is 0 Å². The van der Waals surface area contributed by atoms with E-state index >= 15 is 0 Å². The van der Waals surface area contributed by atoms with Gasteiger partial charge in [0.15, 0.2) is 0 Å². The van der Waals surface area contributed by atoms with Crippen molar-refractivity contribution in [2.45, 2.75) is 31.3 Å². The minimum absolute atomic E-state index is 0.420. The molecule has 2 aliphatic rings. The fraction of sp³-hybridized carbons (Fsp3) is 1.00. The summed E-state index contributed by atoms with van der Waals surface area (Å²) in [5.74, 6) is 0. The zero-order valence-corrected chi connectivity index (χ0v) is 7.54. The molecule has 0 amide bonds. The number of nitrogens with zero attached hydrogens (tertiary/aromatic N) is 1. The first kappa shape index (κ1) is 8.48. The van der Waals surface area contributed by atoms with Gasteiger partial charge in [-0.15, -0.1) is 0 Å². The number of morpholine rings is 1. The highest BCUT2D eigenvalue weighted by Crippen LogP contribution is 2.23. The van der Waals surface area contributed by atoms with Crippen molar-refractivity contribution >= 4 is 0 Å². The lowest BCUT2D eigenvalue weighted by Crippen LogP contribution is -2.49. The van der Waals surface area contributed by atoms with Crippen LogP contribution >= 0.6 is 0 Å². The summed E-state index contributed by atoms with van der Waals surface area (Å²) in [5.41, 5.74) is 6.03. The molecule has 3 nitrogen and oxygen atoms in total. The van der Waals surface area contributed by atoms with Gasteiger partial charge in [-0.2, -0.15) is 0 Å². The van der Waals surface area contributed by atoms with Crippen molar-refractivity contribution in [2.75, 3.05) is 26.3 Å². The molecule has 0 aromatic rings. The molecule has 2 fully saturated rings. The summed E-state index contributed by atoms with van der Waals surface area (Å²) in [4.78, 5) is 2.50. The minimum atomic E-state index is 0.420. The van der Waals surface area contributed by atoms with E-state index in [9.17, 15) is 0 Å². The van der Waals surface area contributed by atoms with E-state index in [4.69, 9.17) is 10.5 Å². The Kier molecular flexibility index (Phi) is 2.63. The molecule has 0 unspecified atom stereocenters. The van der Waals surface area contributed by atoms with Gasteiger partial charge >= 0.3 is 0 Å². The maximum atomic E-state index is 6.03. The molecule has 1 saturated heterocycles. The Morgan fingerprint density at radius 2 is 1.92 bits per heavy atom. The molecule has 2 rings (SSSR count). The van der Waals surface area contributed by atoms with Gasteiger partial charge in [0, 0.05) is 25.2 Å². The molecular weight excluding hydrogens is 152 g/mol. The summed E-state index contributed by atoms with van der Waals surface area (Å²) in [5, 5.41) is 0. The van der Waals surface area contributed by atoms with Gasteiger partial charge in [-0.25, -0.2) is 0 Å². The van der Waals surface area contributed by atoms with Crippen LogP contribution in [0.1, 0.15) is 19.3 Å². The Bertz CT molecular complexity index is 145. The normalized spacial score (nSPS) is 38.8. The lowest BCUT2D eigenvalue weighted by molar-refractivity contribution is 0.0150. The Morgan fingerprint density at radius 3 is 2.50 bits per heavy atom. The molecular formula is C9H18N2O. The first-order chi connectivity index (χ1) is 5.88. The highest BCUT2D eigenvalue weighted by Gasteiger charge is 2.29. The van der Waals surface area contributed by atoms with Crippen molar-refractivity contribution in [1.29, 1.82) is 0 Å². The Morgan fingerprint density at radius 1 is 1.17 bits per heavy atom. The van der Waals surface area contributed by atoms with Crippen LogP contribution < -0.4 is 5.73 Å². The molecule has 3 heteroatoms. The predicted octanol–water partition coefficient (Wildman–Crippen LogP) is 0.198. The summed E-state index contributed by atoms with van der Waals surface area (Å²) in [6.45, 7) is 3.95. The number of ether oxygens (including phenoxy) is 1. The average Bonchev–Trinajstić information content (AvgIpc) is 2.53. The summed E-state index contributed by atoms with van der Waals surface area (Å²) >= 11 is 0. The smallest absolute Gasteiger partial charge is 0.0594 e. The summed E-state index contributed by atoms with van der Waals surface area (Å²) in [7, 11) is 0. The average molecular weight is 170 g/mol. The van der Waals surface area contributed by atoms with E-state index < -0.39 is 0 Å². The molecule has 2 atom stereocenters. The molecule has 1 aliphatic carbocycles. The fourth-order valence-corrected chi connectivity index (χ4v) is 2.33. The minimum Gasteiger partial charge on any atom is -0.379 e. The fourth-order valence-electron chi connectivity index (χ4n) is 2.33. The molecule has 2 N–H and O–H groups in total. The van der Waals surface area contributed by atoms with Crippen LogP contribution in [0.15, 0.2) is 0 Å². The Hall–Kier alpha value is -0.120. The molecule has 1 heterocycles. The van der Waals surface area contributed by atoms with Crippen molar-refractivity contribution in [1.82, 2.24) is 4.90 Å². The SMILES string of the molecule is N[C@H]1CCC[C@@H]1N1CCOCC1. The molecule has 0 spiro atoms. The van der Waals surface area contributed by atoms with Crippen LogP contribution in [-0.4, -0.2) is 43.3 Å². The van der Waals surface area contributed by atoms with Gasteiger partial charge in [0.2, 0.25) is 0 Å². The zero-order chi connectivity index (χ0) is 8.39. The first-order valence-corrected chi connectivity index (χ1v) is 4.95. The third-order valence-corrected chi connectivity index (χ3v) is 3.05. The van der Waals surface area contributed by atoms with Crippen LogP contribution in [0.5, 0.6) is 0 Å². The van der Waals surface area contributed by atoms with Crippen molar-refractivity contribution < 1.29 is 4.74 Å². The topological polar surface area (TPSA) is 38.5 Å². The second kappa shape index (κ2) is 3.73. The molecule has 1 saturated carbocycles. The molecule has 1 aliphatic heterocycles. The van der Waals surface area contributed by atoms with E-state index in [1.165, 1.54) is 19.3 Å². The van der Waals surface area contributed by atoms with Gasteiger partial charge in [-0.1, -0.05) is 6.42 Å². The van der Waals surface area contributed by atoms with Crippen molar-refractivity contribution in [3.05, 3.63) is 0 Å². The zero-order valence-electron chi connectivity index (χ0n) is 7.54. The van der Waals surface area contributed by atoms with E-state index in [1.807, 2.05) is 0 Å². The van der Waals surface area contributed by atoms with E-state index in [0.29, 0.717) is 12.1 Å². The van der Waals surface area contributed by atoms with Gasteiger partial charge in [0.05, 0.1) is 13.2 Å². The molecule has 0 aromatic carbocycles. The van der Waals surface area contributed by atoms with Crippen molar-refractivity contribution in [3.63, 3.8) is 0 Å². The van der Waals surface area contributed by atoms with Crippen molar-refractivity contribution in [2.24, 2.45) is 5.73 Å². The van der Waals surface area contributed by atoms with Crippen molar-refractivity contribution in [3.8, 4) is 0 Å². The molecule has 70 valence electrons. The molecule has 0 aromatic heterocycles. The second-order valence-corrected chi connectivity index (χ2v) is 3.81. The standard InChI is InChI=1S/C9H18N2O/c10-8-2-1-3-9(8)11-4-6-12-7-5-11/h8-9H,1-7,10H2/t8-,9-/m0/s1. The Balaban J connectivity index is 1.89. The quantitative estimate of drug-likeness (QED) is 0.611. The number of hydrogen-bond donors (Lipinski definition) is 1. The van der Waals surface area contributed by atoms with Crippen LogP contribution in [0.3, 0.4) is 0 Å². The van der Waals surface area contributed by atoms with E-state index in [-0.39, 0.29) is 0 Å². The van der Waals surface area contributed by atoms with Gasteiger partial charge in [-0.05, 0) is 12.8 Å². The molecule has 12 heavy (non-hydrogen) atoms. The van der Waals surface area contributed by atoms with E-state index in [0.717, 1.165) is 26.3 Å². The van der Waals surface area contributed by atoms with E-state index in [1.54, 1.807) is 0 Å². The van der Waals surface area contributed by atoms with Gasteiger partial charge in [0.1, 0.15) is 0 Å². The molecule has 0 radical (unpaired) electrons. The van der Waals surface area contributed by atoms with Crippen LogP contribution in [0, 0.1) is 0 Å². The monoisotopic (exact) mass is 170 g/mol. The first-order valence-electron chi connectivity index (χ1n) is 4.95. The van der Waals surface area contributed by atoms with E-state index in [2.05, 4.69) is 4.90 Å². The third-order valence-electron chi connectivity index (χ3n) is 3.05. The maximum absolute atomic E-state index is 6.03. The number of nitrogens with two attached hydrogens (primary N) is 1. The predicted molar refractivity (Wildman–Crippen MR) is 48.0 cm³/mol. The van der Waals surface area contributed by atoms with Crippen LogP contribution in [-0.2, 0) is 4.74 Å². The van der Waals surface area contributed by atoms with Crippen LogP contribution in [0.2, 0.25) is 0 Å². The lowest BCUT2D eigenvalue weighted by Gasteiger charge is -2.34. The highest BCUT2D eigenvalue weighted by atomic mass is 16.5. The van der Waals surface area contributed by atoms with Crippen LogP contribution in [0.25, 0.3) is 0 Å². The number of rotatable bonds is 1. The highest BCUT2D eigenvalue weighted by molar-refractivity contribution is 4.88.